The highest BCUT2D eigenvalue weighted by molar-refractivity contribution is 7.89. The van der Waals surface area contributed by atoms with Crippen molar-refractivity contribution in [1.82, 2.24) is 15.2 Å². The first-order chi connectivity index (χ1) is 14.9. The van der Waals surface area contributed by atoms with Crippen LogP contribution in [0.15, 0.2) is 53.4 Å². The SMILES string of the molecule is COc1ccc(OCCC(=O)NNC(=O)c2cccc(S(=O)(=O)N3CCCC3)c2)cc1. The van der Waals surface area contributed by atoms with Gasteiger partial charge in [0.1, 0.15) is 11.5 Å². The molecule has 166 valence electrons. The summed E-state index contributed by atoms with van der Waals surface area (Å²) in [7, 11) is -2.06. The highest BCUT2D eigenvalue weighted by Crippen LogP contribution is 2.21. The number of rotatable bonds is 8. The number of hydrogen-bond donors (Lipinski definition) is 2. The Bertz CT molecular complexity index is 1020. The average Bonchev–Trinajstić information content (AvgIpc) is 3.34. The van der Waals surface area contributed by atoms with Crippen molar-refractivity contribution in [3.8, 4) is 11.5 Å². The number of benzene rings is 2. The van der Waals surface area contributed by atoms with Crippen LogP contribution in [0.5, 0.6) is 11.5 Å². The van der Waals surface area contributed by atoms with Gasteiger partial charge in [-0.15, -0.1) is 0 Å². The molecule has 31 heavy (non-hydrogen) atoms. The molecule has 10 heteroatoms. The van der Waals surface area contributed by atoms with E-state index < -0.39 is 21.8 Å². The normalized spacial score (nSPS) is 14.1. The Morgan fingerprint density at radius 2 is 1.68 bits per heavy atom. The maximum atomic E-state index is 12.7. The Hall–Kier alpha value is -3.11. The molecule has 2 N–H and O–H groups in total. The molecular weight excluding hydrogens is 422 g/mol. The molecule has 0 spiro atoms. The van der Waals surface area contributed by atoms with Crippen LogP contribution < -0.4 is 20.3 Å². The number of methoxy groups -OCH3 is 1. The molecule has 2 amide bonds. The Morgan fingerprint density at radius 3 is 2.35 bits per heavy atom. The lowest BCUT2D eigenvalue weighted by atomic mass is 10.2. The largest absolute Gasteiger partial charge is 0.497 e. The summed E-state index contributed by atoms with van der Waals surface area (Å²) in [6.45, 7) is 1.08. The van der Waals surface area contributed by atoms with Crippen molar-refractivity contribution in [3.63, 3.8) is 0 Å². The second-order valence-electron chi connectivity index (χ2n) is 6.92. The summed E-state index contributed by atoms with van der Waals surface area (Å²) >= 11 is 0. The number of carbonyl (C=O) groups excluding carboxylic acids is 2. The van der Waals surface area contributed by atoms with Gasteiger partial charge in [-0.3, -0.25) is 20.4 Å². The van der Waals surface area contributed by atoms with Crippen LogP contribution in [0.3, 0.4) is 0 Å². The predicted molar refractivity (Wildman–Crippen MR) is 113 cm³/mol. The fourth-order valence-electron chi connectivity index (χ4n) is 3.07. The maximum Gasteiger partial charge on any atom is 0.269 e. The lowest BCUT2D eigenvalue weighted by Crippen LogP contribution is -2.42. The quantitative estimate of drug-likeness (QED) is 0.596. The molecule has 0 atom stereocenters. The minimum Gasteiger partial charge on any atom is -0.497 e. The van der Waals surface area contributed by atoms with Crippen molar-refractivity contribution in [2.45, 2.75) is 24.2 Å². The zero-order chi connectivity index (χ0) is 22.3. The van der Waals surface area contributed by atoms with Crippen LogP contribution in [0, 0.1) is 0 Å². The van der Waals surface area contributed by atoms with Crippen LogP contribution in [-0.4, -0.2) is 51.3 Å². The van der Waals surface area contributed by atoms with Crippen molar-refractivity contribution >= 4 is 21.8 Å². The molecule has 1 aliphatic rings. The first-order valence-corrected chi connectivity index (χ1v) is 11.3. The van der Waals surface area contributed by atoms with E-state index in [1.165, 1.54) is 28.6 Å². The lowest BCUT2D eigenvalue weighted by Gasteiger charge is -2.16. The number of sulfonamides is 1. The Balaban J connectivity index is 1.48. The number of nitrogens with zero attached hydrogens (tertiary/aromatic N) is 1. The summed E-state index contributed by atoms with van der Waals surface area (Å²) in [5, 5.41) is 0. The smallest absolute Gasteiger partial charge is 0.269 e. The number of amides is 2. The average molecular weight is 448 g/mol. The zero-order valence-electron chi connectivity index (χ0n) is 17.2. The molecule has 1 heterocycles. The van der Waals surface area contributed by atoms with Crippen molar-refractivity contribution in [1.29, 1.82) is 0 Å². The van der Waals surface area contributed by atoms with E-state index in [0.29, 0.717) is 24.6 Å². The summed E-state index contributed by atoms with van der Waals surface area (Å²) in [6.07, 6.45) is 1.68. The molecule has 0 radical (unpaired) electrons. The third-order valence-corrected chi connectivity index (χ3v) is 6.67. The van der Waals surface area contributed by atoms with E-state index in [0.717, 1.165) is 12.8 Å². The number of nitrogens with one attached hydrogen (secondary N) is 2. The minimum atomic E-state index is -3.63. The van der Waals surface area contributed by atoms with E-state index in [2.05, 4.69) is 10.9 Å². The summed E-state index contributed by atoms with van der Waals surface area (Å²) in [4.78, 5) is 24.3. The van der Waals surface area contributed by atoms with Crippen molar-refractivity contribution in [2.24, 2.45) is 0 Å². The molecule has 1 saturated heterocycles. The van der Waals surface area contributed by atoms with Crippen LogP contribution in [0.4, 0.5) is 0 Å². The second-order valence-corrected chi connectivity index (χ2v) is 8.85. The summed E-state index contributed by atoms with van der Waals surface area (Å²) in [6, 6.07) is 12.7. The number of hydrogen-bond acceptors (Lipinski definition) is 6. The van der Waals surface area contributed by atoms with E-state index in [1.807, 2.05) is 0 Å². The Labute approximate surface area is 181 Å². The summed E-state index contributed by atoms with van der Waals surface area (Å²) < 4.78 is 37.2. The molecule has 0 aromatic heterocycles. The van der Waals surface area contributed by atoms with E-state index in [9.17, 15) is 18.0 Å². The van der Waals surface area contributed by atoms with Gasteiger partial charge >= 0.3 is 0 Å². The third kappa shape index (κ3) is 5.96. The number of carbonyl (C=O) groups is 2. The van der Waals surface area contributed by atoms with Gasteiger partial charge in [0, 0.05) is 18.7 Å². The molecular formula is C21H25N3O6S. The van der Waals surface area contributed by atoms with Gasteiger partial charge in [-0.2, -0.15) is 4.31 Å². The van der Waals surface area contributed by atoms with Gasteiger partial charge in [-0.05, 0) is 55.3 Å². The fourth-order valence-corrected chi connectivity index (χ4v) is 4.63. The zero-order valence-corrected chi connectivity index (χ0v) is 18.0. The van der Waals surface area contributed by atoms with Gasteiger partial charge in [-0.1, -0.05) is 6.07 Å². The van der Waals surface area contributed by atoms with Crippen LogP contribution in [-0.2, 0) is 14.8 Å². The van der Waals surface area contributed by atoms with Crippen molar-refractivity contribution in [3.05, 3.63) is 54.1 Å². The maximum absolute atomic E-state index is 12.7. The summed E-state index contributed by atoms with van der Waals surface area (Å²) in [5.41, 5.74) is 4.73. The van der Waals surface area contributed by atoms with E-state index in [1.54, 1.807) is 31.4 Å². The molecule has 0 saturated carbocycles. The van der Waals surface area contributed by atoms with Crippen LogP contribution in [0.25, 0.3) is 0 Å². The van der Waals surface area contributed by atoms with Gasteiger partial charge in [-0.25, -0.2) is 8.42 Å². The number of hydrazine groups is 1. The van der Waals surface area contributed by atoms with E-state index >= 15 is 0 Å². The van der Waals surface area contributed by atoms with Gasteiger partial charge < -0.3 is 9.47 Å². The summed E-state index contributed by atoms with van der Waals surface area (Å²) in [5.74, 6) is 0.240. The lowest BCUT2D eigenvalue weighted by molar-refractivity contribution is -0.122. The fraction of sp³-hybridized carbons (Fsp3) is 0.333. The van der Waals surface area contributed by atoms with Crippen LogP contribution in [0.2, 0.25) is 0 Å². The molecule has 9 nitrogen and oxygen atoms in total. The first kappa shape index (κ1) is 22.6. The molecule has 1 aliphatic heterocycles. The standard InChI is InChI=1S/C21H25N3O6S/c1-29-17-7-9-18(10-8-17)30-14-11-20(25)22-23-21(26)16-5-4-6-19(15-16)31(27,28)24-12-2-3-13-24/h4-10,15H,2-3,11-14H2,1H3,(H,22,25)(H,23,26). The van der Waals surface area contributed by atoms with Crippen LogP contribution >= 0.6 is 0 Å². The Kier molecular flexibility index (Phi) is 7.48. The van der Waals surface area contributed by atoms with Gasteiger partial charge in [0.25, 0.3) is 5.91 Å². The molecule has 0 bridgehead atoms. The highest BCUT2D eigenvalue weighted by atomic mass is 32.2. The second kappa shape index (κ2) is 10.3. The monoisotopic (exact) mass is 447 g/mol. The first-order valence-electron chi connectivity index (χ1n) is 9.86. The van der Waals surface area contributed by atoms with Crippen LogP contribution in [0.1, 0.15) is 29.6 Å². The topological polar surface area (TPSA) is 114 Å². The third-order valence-electron chi connectivity index (χ3n) is 4.77. The Morgan fingerprint density at radius 1 is 1.00 bits per heavy atom. The van der Waals surface area contributed by atoms with Gasteiger partial charge in [0.05, 0.1) is 25.0 Å². The predicted octanol–water partition coefficient (Wildman–Crippen LogP) is 1.71. The minimum absolute atomic E-state index is 0.0235. The molecule has 1 fully saturated rings. The molecule has 0 aliphatic carbocycles. The molecule has 0 unspecified atom stereocenters. The highest BCUT2D eigenvalue weighted by Gasteiger charge is 2.27. The van der Waals surface area contributed by atoms with Crippen molar-refractivity contribution in [2.75, 3.05) is 26.8 Å². The van der Waals surface area contributed by atoms with Gasteiger partial charge in [0.2, 0.25) is 15.9 Å². The molecule has 2 aromatic rings. The molecule has 3 rings (SSSR count). The van der Waals surface area contributed by atoms with Gasteiger partial charge in [0.15, 0.2) is 0 Å². The number of ether oxygens (including phenoxy) is 2. The molecule has 2 aromatic carbocycles. The van der Waals surface area contributed by atoms with Crippen molar-refractivity contribution < 1.29 is 27.5 Å². The van der Waals surface area contributed by atoms with E-state index in [-0.39, 0.29) is 23.5 Å². The van der Waals surface area contributed by atoms with E-state index in [4.69, 9.17) is 9.47 Å².